The molecule has 0 radical (unpaired) electrons. The minimum absolute atomic E-state index is 0.0916. The highest BCUT2D eigenvalue weighted by Crippen LogP contribution is 2.14. The lowest BCUT2D eigenvalue weighted by atomic mass is 10.2. The Bertz CT molecular complexity index is 576. The largest absolute Gasteiger partial charge is 0.478 e. The van der Waals surface area contributed by atoms with Crippen LogP contribution in [0.4, 0.5) is 5.82 Å². The van der Waals surface area contributed by atoms with Gasteiger partial charge in [0.2, 0.25) is 0 Å². The predicted molar refractivity (Wildman–Crippen MR) is 69.3 cm³/mol. The van der Waals surface area contributed by atoms with Gasteiger partial charge >= 0.3 is 5.97 Å². The summed E-state index contributed by atoms with van der Waals surface area (Å²) in [5.41, 5.74) is 0.625. The SMILES string of the molecule is CCN(C(=O)c1cc[nH]c1)c1ccc(C(=O)O)cn1. The smallest absolute Gasteiger partial charge is 0.337 e. The summed E-state index contributed by atoms with van der Waals surface area (Å²) in [6, 6.07) is 4.63. The number of H-pyrrole nitrogens is 1. The van der Waals surface area contributed by atoms with E-state index in [1.165, 1.54) is 23.2 Å². The Hall–Kier alpha value is -2.63. The number of aromatic nitrogens is 2. The second-order valence-electron chi connectivity index (χ2n) is 3.86. The van der Waals surface area contributed by atoms with Crippen LogP contribution in [-0.4, -0.2) is 33.5 Å². The number of hydrogen-bond acceptors (Lipinski definition) is 3. The van der Waals surface area contributed by atoms with E-state index in [0.717, 1.165) is 0 Å². The highest BCUT2D eigenvalue weighted by Gasteiger charge is 2.17. The highest BCUT2D eigenvalue weighted by molar-refractivity contribution is 6.05. The lowest BCUT2D eigenvalue weighted by Crippen LogP contribution is -2.31. The van der Waals surface area contributed by atoms with E-state index in [1.54, 1.807) is 18.5 Å². The van der Waals surface area contributed by atoms with Crippen LogP contribution in [0.25, 0.3) is 0 Å². The predicted octanol–water partition coefficient (Wildman–Crippen LogP) is 1.77. The second kappa shape index (κ2) is 5.34. The molecule has 0 spiro atoms. The normalized spacial score (nSPS) is 10.2. The molecule has 0 aliphatic carbocycles. The van der Waals surface area contributed by atoms with Crippen molar-refractivity contribution in [2.75, 3.05) is 11.4 Å². The summed E-state index contributed by atoms with van der Waals surface area (Å²) >= 11 is 0. The zero-order chi connectivity index (χ0) is 13.8. The Labute approximate surface area is 109 Å². The number of carbonyl (C=O) groups is 2. The summed E-state index contributed by atoms with van der Waals surface area (Å²) in [6.07, 6.45) is 4.52. The van der Waals surface area contributed by atoms with Crippen molar-refractivity contribution < 1.29 is 14.7 Å². The van der Waals surface area contributed by atoms with Gasteiger partial charge in [0.05, 0.1) is 11.1 Å². The number of aromatic amines is 1. The van der Waals surface area contributed by atoms with Gasteiger partial charge in [-0.25, -0.2) is 9.78 Å². The van der Waals surface area contributed by atoms with Crippen LogP contribution in [0.2, 0.25) is 0 Å². The molecule has 0 fully saturated rings. The number of pyridine rings is 1. The van der Waals surface area contributed by atoms with Crippen LogP contribution in [0.5, 0.6) is 0 Å². The number of nitrogens with one attached hydrogen (secondary N) is 1. The van der Waals surface area contributed by atoms with Gasteiger partial charge in [-0.1, -0.05) is 0 Å². The Kier molecular flexibility index (Phi) is 3.61. The average molecular weight is 259 g/mol. The molecule has 6 heteroatoms. The molecular formula is C13H13N3O3. The fraction of sp³-hybridized carbons (Fsp3) is 0.154. The van der Waals surface area contributed by atoms with Crippen LogP contribution in [0.15, 0.2) is 36.8 Å². The third-order valence-corrected chi connectivity index (χ3v) is 2.68. The van der Waals surface area contributed by atoms with Gasteiger partial charge in [0, 0.05) is 25.1 Å². The molecule has 98 valence electrons. The van der Waals surface area contributed by atoms with Crippen molar-refractivity contribution in [2.24, 2.45) is 0 Å². The molecule has 2 heterocycles. The van der Waals surface area contributed by atoms with Crippen LogP contribution in [0.3, 0.4) is 0 Å². The number of carbonyl (C=O) groups excluding carboxylic acids is 1. The van der Waals surface area contributed by atoms with Gasteiger partial charge in [-0.15, -0.1) is 0 Å². The molecule has 0 atom stereocenters. The summed E-state index contributed by atoms with van der Waals surface area (Å²) < 4.78 is 0. The molecule has 2 rings (SSSR count). The summed E-state index contributed by atoms with van der Waals surface area (Å²) in [4.78, 5) is 31.3. The number of rotatable bonds is 4. The van der Waals surface area contributed by atoms with E-state index >= 15 is 0 Å². The van der Waals surface area contributed by atoms with E-state index in [1.807, 2.05) is 6.92 Å². The fourth-order valence-electron chi connectivity index (χ4n) is 1.69. The van der Waals surface area contributed by atoms with Crippen molar-refractivity contribution in [1.29, 1.82) is 0 Å². The molecular weight excluding hydrogens is 246 g/mol. The number of carboxylic acid groups (broad SMARTS) is 1. The molecule has 6 nitrogen and oxygen atoms in total. The Balaban J connectivity index is 2.27. The van der Waals surface area contributed by atoms with Crippen molar-refractivity contribution in [2.45, 2.75) is 6.92 Å². The molecule has 0 aliphatic heterocycles. The van der Waals surface area contributed by atoms with E-state index in [9.17, 15) is 9.59 Å². The molecule has 2 aromatic rings. The van der Waals surface area contributed by atoms with Crippen molar-refractivity contribution in [1.82, 2.24) is 9.97 Å². The molecule has 0 bridgehead atoms. The summed E-state index contributed by atoms with van der Waals surface area (Å²) in [7, 11) is 0. The number of aromatic carboxylic acids is 1. The van der Waals surface area contributed by atoms with Crippen molar-refractivity contribution in [3.8, 4) is 0 Å². The standard InChI is InChI=1S/C13H13N3O3/c1-2-16(12(17)9-5-6-14-7-9)11-4-3-10(8-15-11)13(18)19/h3-8,14H,2H2,1H3,(H,18,19). The topological polar surface area (TPSA) is 86.3 Å². The van der Waals surface area contributed by atoms with E-state index in [2.05, 4.69) is 9.97 Å². The van der Waals surface area contributed by atoms with E-state index in [4.69, 9.17) is 5.11 Å². The van der Waals surface area contributed by atoms with E-state index in [-0.39, 0.29) is 11.5 Å². The van der Waals surface area contributed by atoms with Gasteiger partial charge in [-0.3, -0.25) is 9.69 Å². The minimum atomic E-state index is -1.04. The second-order valence-corrected chi connectivity index (χ2v) is 3.86. The molecule has 0 saturated carbocycles. The van der Waals surface area contributed by atoms with Gasteiger partial charge in [-0.2, -0.15) is 0 Å². The first-order valence-electron chi connectivity index (χ1n) is 5.77. The number of hydrogen-bond donors (Lipinski definition) is 2. The molecule has 0 aliphatic rings. The maximum absolute atomic E-state index is 12.2. The van der Waals surface area contributed by atoms with Gasteiger partial charge in [0.25, 0.3) is 5.91 Å². The molecule has 0 aromatic carbocycles. The quantitative estimate of drug-likeness (QED) is 0.876. The summed E-state index contributed by atoms with van der Waals surface area (Å²) in [6.45, 7) is 2.28. The minimum Gasteiger partial charge on any atom is -0.478 e. The van der Waals surface area contributed by atoms with Crippen molar-refractivity contribution in [3.05, 3.63) is 47.9 Å². The first-order chi connectivity index (χ1) is 9.13. The van der Waals surface area contributed by atoms with Crippen LogP contribution in [0.1, 0.15) is 27.6 Å². The average Bonchev–Trinajstić information content (AvgIpc) is 2.94. The number of nitrogens with zero attached hydrogens (tertiary/aromatic N) is 2. The summed E-state index contributed by atoms with van der Waals surface area (Å²) in [5, 5.41) is 8.81. The van der Waals surface area contributed by atoms with Gasteiger partial charge in [0.1, 0.15) is 5.82 Å². The van der Waals surface area contributed by atoms with Crippen LogP contribution < -0.4 is 4.90 Å². The fourth-order valence-corrected chi connectivity index (χ4v) is 1.69. The maximum Gasteiger partial charge on any atom is 0.337 e. The highest BCUT2D eigenvalue weighted by atomic mass is 16.4. The molecule has 0 unspecified atom stereocenters. The Morgan fingerprint density at radius 2 is 2.11 bits per heavy atom. The Morgan fingerprint density at radius 1 is 1.32 bits per heavy atom. The van der Waals surface area contributed by atoms with Crippen molar-refractivity contribution >= 4 is 17.7 Å². The zero-order valence-electron chi connectivity index (χ0n) is 10.3. The van der Waals surface area contributed by atoms with Crippen LogP contribution in [0, 0.1) is 0 Å². The van der Waals surface area contributed by atoms with Crippen LogP contribution >= 0.6 is 0 Å². The van der Waals surface area contributed by atoms with Crippen LogP contribution in [-0.2, 0) is 0 Å². The van der Waals surface area contributed by atoms with Gasteiger partial charge in [-0.05, 0) is 25.1 Å². The van der Waals surface area contributed by atoms with Crippen molar-refractivity contribution in [3.63, 3.8) is 0 Å². The Morgan fingerprint density at radius 3 is 2.58 bits per heavy atom. The van der Waals surface area contributed by atoms with E-state index < -0.39 is 5.97 Å². The number of amides is 1. The lowest BCUT2D eigenvalue weighted by molar-refractivity contribution is 0.0696. The molecule has 2 N–H and O–H groups in total. The molecule has 19 heavy (non-hydrogen) atoms. The zero-order valence-corrected chi connectivity index (χ0v) is 10.3. The lowest BCUT2D eigenvalue weighted by Gasteiger charge is -2.19. The van der Waals surface area contributed by atoms with E-state index in [0.29, 0.717) is 17.9 Å². The first kappa shape index (κ1) is 12.8. The maximum atomic E-state index is 12.2. The van der Waals surface area contributed by atoms with Gasteiger partial charge < -0.3 is 10.1 Å². The summed E-state index contributed by atoms with van der Waals surface area (Å²) in [5.74, 6) is -0.794. The first-order valence-corrected chi connectivity index (χ1v) is 5.77. The number of carboxylic acids is 1. The monoisotopic (exact) mass is 259 g/mol. The molecule has 0 saturated heterocycles. The third-order valence-electron chi connectivity index (χ3n) is 2.68. The number of anilines is 1. The van der Waals surface area contributed by atoms with Gasteiger partial charge in [0.15, 0.2) is 0 Å². The third kappa shape index (κ3) is 2.62. The molecule has 2 aromatic heterocycles. The molecule has 1 amide bonds.